The lowest BCUT2D eigenvalue weighted by Crippen LogP contribution is -2.04. The molecule has 0 unspecified atom stereocenters. The minimum absolute atomic E-state index is 0.0988. The summed E-state index contributed by atoms with van der Waals surface area (Å²) in [6.45, 7) is 3.58. The summed E-state index contributed by atoms with van der Waals surface area (Å²) in [6.07, 6.45) is 0.742. The minimum atomic E-state index is -1.00. The molecule has 0 aliphatic carbocycles. The molecule has 0 spiro atoms. The molecule has 0 amide bonds. The Morgan fingerprint density at radius 2 is 1.84 bits per heavy atom. The largest absolute Gasteiger partial charge is 0.478 e. The van der Waals surface area contributed by atoms with E-state index in [1.165, 1.54) is 0 Å². The lowest BCUT2D eigenvalue weighted by molar-refractivity contribution is -0.130. The number of benzene rings is 2. The Morgan fingerprint density at radius 1 is 1.11 bits per heavy atom. The molecule has 1 aliphatic rings. The molecule has 2 aromatic rings. The van der Waals surface area contributed by atoms with Gasteiger partial charge in [0.15, 0.2) is 0 Å². The van der Waals surface area contributed by atoms with Gasteiger partial charge in [-0.05, 0) is 34.9 Å². The summed E-state index contributed by atoms with van der Waals surface area (Å²) >= 11 is 0. The fourth-order valence-electron chi connectivity index (χ4n) is 2.20. The molecule has 1 aliphatic heterocycles. The molecule has 3 heteroatoms. The molecular formula is C16H12O3. The molecule has 1 N–H and O–H groups in total. The van der Waals surface area contributed by atoms with E-state index in [9.17, 15) is 4.79 Å². The molecule has 0 aromatic heterocycles. The van der Waals surface area contributed by atoms with E-state index in [1.807, 2.05) is 30.3 Å². The van der Waals surface area contributed by atoms with Gasteiger partial charge >= 0.3 is 5.97 Å². The van der Waals surface area contributed by atoms with Gasteiger partial charge in [-0.1, -0.05) is 30.8 Å². The quantitative estimate of drug-likeness (QED) is 0.710. The highest BCUT2D eigenvalue weighted by atomic mass is 16.5. The smallest absolute Gasteiger partial charge is 0.335 e. The number of ether oxygens (including phenoxy) is 1. The highest BCUT2D eigenvalue weighted by molar-refractivity contribution is 6.14. The standard InChI is InChI=1S/C16H12O3/c1-10(16(17)18)11-6-7-15-13(8-11)9-12-4-2-3-5-14(12)19-15/h2-8H,1,9H2,(H,17,18). The molecule has 94 valence electrons. The van der Waals surface area contributed by atoms with Crippen LogP contribution in [0.4, 0.5) is 0 Å². The Hall–Kier alpha value is -2.55. The van der Waals surface area contributed by atoms with Gasteiger partial charge < -0.3 is 9.84 Å². The SMILES string of the molecule is C=C(C(=O)O)c1ccc2c(c1)Cc1ccccc1O2. The van der Waals surface area contributed by atoms with Crippen LogP contribution in [0.25, 0.3) is 5.57 Å². The van der Waals surface area contributed by atoms with Crippen molar-refractivity contribution in [3.63, 3.8) is 0 Å². The van der Waals surface area contributed by atoms with Gasteiger partial charge in [0.25, 0.3) is 0 Å². The minimum Gasteiger partial charge on any atom is -0.478 e. The molecule has 0 saturated carbocycles. The van der Waals surface area contributed by atoms with Crippen molar-refractivity contribution in [1.29, 1.82) is 0 Å². The van der Waals surface area contributed by atoms with Crippen LogP contribution in [0.1, 0.15) is 16.7 Å². The fraction of sp³-hybridized carbons (Fsp3) is 0.0625. The number of hydrogen-bond donors (Lipinski definition) is 1. The van der Waals surface area contributed by atoms with E-state index in [-0.39, 0.29) is 5.57 Å². The summed E-state index contributed by atoms with van der Waals surface area (Å²) in [4.78, 5) is 10.9. The van der Waals surface area contributed by atoms with Crippen LogP contribution in [0.15, 0.2) is 49.0 Å². The van der Waals surface area contributed by atoms with Crippen LogP contribution >= 0.6 is 0 Å². The van der Waals surface area contributed by atoms with Crippen LogP contribution in [0.5, 0.6) is 11.5 Å². The monoisotopic (exact) mass is 252 g/mol. The predicted molar refractivity (Wildman–Crippen MR) is 72.4 cm³/mol. The van der Waals surface area contributed by atoms with Crippen molar-refractivity contribution < 1.29 is 14.6 Å². The zero-order valence-corrected chi connectivity index (χ0v) is 10.2. The summed E-state index contributed by atoms with van der Waals surface area (Å²) in [5.74, 6) is 0.637. The Labute approximate surface area is 110 Å². The summed E-state index contributed by atoms with van der Waals surface area (Å²) in [5, 5.41) is 8.97. The Bertz CT molecular complexity index is 686. The summed E-state index contributed by atoms with van der Waals surface area (Å²) in [6, 6.07) is 13.2. The highest BCUT2D eigenvalue weighted by Crippen LogP contribution is 2.37. The number of carboxylic acid groups (broad SMARTS) is 1. The van der Waals surface area contributed by atoms with Crippen molar-refractivity contribution in [3.05, 3.63) is 65.7 Å². The second-order valence-corrected chi connectivity index (χ2v) is 4.49. The van der Waals surface area contributed by atoms with Crippen LogP contribution in [0.3, 0.4) is 0 Å². The van der Waals surface area contributed by atoms with E-state index < -0.39 is 5.97 Å². The second-order valence-electron chi connectivity index (χ2n) is 4.49. The van der Waals surface area contributed by atoms with Crippen molar-refractivity contribution in [2.75, 3.05) is 0 Å². The normalized spacial score (nSPS) is 12.0. The topological polar surface area (TPSA) is 46.5 Å². The third kappa shape index (κ3) is 1.99. The van der Waals surface area contributed by atoms with Crippen LogP contribution in [0, 0.1) is 0 Å². The first-order valence-electron chi connectivity index (χ1n) is 5.96. The van der Waals surface area contributed by atoms with Crippen molar-refractivity contribution in [3.8, 4) is 11.5 Å². The Balaban J connectivity index is 2.01. The first-order valence-corrected chi connectivity index (χ1v) is 5.96. The van der Waals surface area contributed by atoms with Crippen molar-refractivity contribution in [2.24, 2.45) is 0 Å². The van der Waals surface area contributed by atoms with Crippen LogP contribution in [-0.4, -0.2) is 11.1 Å². The number of para-hydroxylation sites is 1. The van der Waals surface area contributed by atoms with Crippen molar-refractivity contribution >= 4 is 11.5 Å². The summed E-state index contributed by atoms with van der Waals surface area (Å²) < 4.78 is 5.80. The number of aliphatic carboxylic acids is 1. The van der Waals surface area contributed by atoms with Crippen LogP contribution in [-0.2, 0) is 11.2 Å². The van der Waals surface area contributed by atoms with Gasteiger partial charge in [0.05, 0.1) is 5.57 Å². The molecule has 2 aromatic carbocycles. The Morgan fingerprint density at radius 3 is 2.63 bits per heavy atom. The van der Waals surface area contributed by atoms with Crippen LogP contribution in [0.2, 0.25) is 0 Å². The van der Waals surface area contributed by atoms with Crippen molar-refractivity contribution in [2.45, 2.75) is 6.42 Å². The maximum atomic E-state index is 10.9. The first-order chi connectivity index (χ1) is 9.15. The molecule has 19 heavy (non-hydrogen) atoms. The van der Waals surface area contributed by atoms with Gasteiger partial charge in [-0.25, -0.2) is 4.79 Å². The summed E-state index contributed by atoms with van der Waals surface area (Å²) in [5.41, 5.74) is 2.81. The predicted octanol–water partition coefficient (Wildman–Crippen LogP) is 3.48. The molecule has 0 radical (unpaired) electrons. The Kier molecular flexibility index (Phi) is 2.60. The van der Waals surface area contributed by atoms with Gasteiger partial charge in [0, 0.05) is 6.42 Å². The number of rotatable bonds is 2. The molecule has 0 saturated heterocycles. The van der Waals surface area contributed by atoms with E-state index in [0.29, 0.717) is 5.56 Å². The van der Waals surface area contributed by atoms with Gasteiger partial charge in [0.1, 0.15) is 11.5 Å². The van der Waals surface area contributed by atoms with Gasteiger partial charge in [-0.3, -0.25) is 0 Å². The molecule has 3 rings (SSSR count). The second kappa shape index (κ2) is 4.28. The third-order valence-corrected chi connectivity index (χ3v) is 3.24. The number of fused-ring (bicyclic) bond motifs is 2. The van der Waals surface area contributed by atoms with Gasteiger partial charge in [-0.15, -0.1) is 0 Å². The van der Waals surface area contributed by atoms with E-state index >= 15 is 0 Å². The van der Waals surface area contributed by atoms with E-state index in [4.69, 9.17) is 9.84 Å². The van der Waals surface area contributed by atoms with Gasteiger partial charge in [0.2, 0.25) is 0 Å². The molecule has 0 fully saturated rings. The van der Waals surface area contributed by atoms with E-state index in [0.717, 1.165) is 29.0 Å². The van der Waals surface area contributed by atoms with Crippen LogP contribution < -0.4 is 4.74 Å². The highest BCUT2D eigenvalue weighted by Gasteiger charge is 2.18. The number of hydrogen-bond acceptors (Lipinski definition) is 2. The third-order valence-electron chi connectivity index (χ3n) is 3.24. The maximum Gasteiger partial charge on any atom is 0.335 e. The van der Waals surface area contributed by atoms with E-state index in [1.54, 1.807) is 12.1 Å². The average Bonchev–Trinajstić information content (AvgIpc) is 2.43. The molecule has 0 atom stereocenters. The van der Waals surface area contributed by atoms with E-state index in [2.05, 4.69) is 6.58 Å². The molecular weight excluding hydrogens is 240 g/mol. The number of carboxylic acids is 1. The van der Waals surface area contributed by atoms with Gasteiger partial charge in [-0.2, -0.15) is 0 Å². The zero-order chi connectivity index (χ0) is 13.4. The molecule has 0 bridgehead atoms. The number of carbonyl (C=O) groups is 1. The lowest BCUT2D eigenvalue weighted by Gasteiger charge is -2.20. The summed E-state index contributed by atoms with van der Waals surface area (Å²) in [7, 11) is 0. The fourth-order valence-corrected chi connectivity index (χ4v) is 2.20. The average molecular weight is 252 g/mol. The zero-order valence-electron chi connectivity index (χ0n) is 10.2. The first kappa shape index (κ1) is 11.5. The maximum absolute atomic E-state index is 10.9. The lowest BCUT2D eigenvalue weighted by atomic mass is 9.96. The molecule has 3 nitrogen and oxygen atoms in total. The van der Waals surface area contributed by atoms with Crippen molar-refractivity contribution in [1.82, 2.24) is 0 Å². The molecule has 1 heterocycles.